The molecule has 2 atom stereocenters. The molecule has 2 fully saturated rings. The first-order valence-corrected chi connectivity index (χ1v) is 6.32. The minimum Gasteiger partial charge on any atom is -0.390 e. The Bertz CT molecular complexity index is 175. The maximum Gasteiger partial charge on any atom is 0.162 e. The van der Waals surface area contributed by atoms with Crippen LogP contribution in [0.15, 0.2) is 0 Å². The fourth-order valence-corrected chi connectivity index (χ4v) is 2.21. The van der Waals surface area contributed by atoms with E-state index in [1.807, 2.05) is 0 Å². The van der Waals surface area contributed by atoms with Gasteiger partial charge in [0.2, 0.25) is 0 Å². The van der Waals surface area contributed by atoms with Crippen LogP contribution in [-0.2, 0) is 0 Å². The van der Waals surface area contributed by atoms with Gasteiger partial charge in [-0.05, 0) is 25.7 Å². The van der Waals surface area contributed by atoms with Gasteiger partial charge in [0.15, 0.2) is 5.79 Å². The van der Waals surface area contributed by atoms with E-state index in [2.05, 4.69) is 0 Å². The molecule has 0 spiro atoms. The van der Waals surface area contributed by atoms with Gasteiger partial charge in [-0.2, -0.15) is 0 Å². The highest BCUT2D eigenvalue weighted by Gasteiger charge is 2.24. The van der Waals surface area contributed by atoms with Crippen LogP contribution in [0.25, 0.3) is 0 Å². The van der Waals surface area contributed by atoms with Gasteiger partial charge >= 0.3 is 0 Å². The molecule has 2 unspecified atom stereocenters. The van der Waals surface area contributed by atoms with Crippen LogP contribution in [0, 0.1) is 0 Å². The second-order valence-electron chi connectivity index (χ2n) is 4.96. The van der Waals surface area contributed by atoms with E-state index in [9.17, 15) is 0 Å². The third-order valence-electron chi connectivity index (χ3n) is 3.35. The molecule has 2 rings (SSSR count). The number of rotatable bonds is 0. The number of hydrogen-bond donors (Lipinski definition) is 4. The maximum atomic E-state index is 8.93. The highest BCUT2D eigenvalue weighted by molar-refractivity contribution is 4.72. The minimum atomic E-state index is -1.32. The molecule has 96 valence electrons. The van der Waals surface area contributed by atoms with Crippen molar-refractivity contribution in [1.82, 2.24) is 0 Å². The van der Waals surface area contributed by atoms with Gasteiger partial charge in [0.05, 0.1) is 12.2 Å². The van der Waals surface area contributed by atoms with Crippen molar-refractivity contribution < 1.29 is 20.4 Å². The molecule has 2 aliphatic rings. The van der Waals surface area contributed by atoms with E-state index in [1.165, 1.54) is 0 Å². The Morgan fingerprint density at radius 3 is 1.38 bits per heavy atom. The lowest BCUT2D eigenvalue weighted by Gasteiger charge is -2.25. The molecule has 0 aromatic rings. The summed E-state index contributed by atoms with van der Waals surface area (Å²) in [6.45, 7) is 0. The van der Waals surface area contributed by atoms with Crippen LogP contribution in [0.1, 0.15) is 57.8 Å². The van der Waals surface area contributed by atoms with Crippen LogP contribution >= 0.6 is 0 Å². The highest BCUT2D eigenvalue weighted by atomic mass is 16.5. The van der Waals surface area contributed by atoms with Crippen LogP contribution in [0.4, 0.5) is 0 Å². The largest absolute Gasteiger partial charge is 0.390 e. The van der Waals surface area contributed by atoms with Crippen molar-refractivity contribution in [3.8, 4) is 0 Å². The fourth-order valence-electron chi connectivity index (χ4n) is 2.21. The van der Waals surface area contributed by atoms with Crippen molar-refractivity contribution in [2.45, 2.75) is 75.8 Å². The average Bonchev–Trinajstić information content (AvgIpc) is 2.23. The van der Waals surface area contributed by atoms with Gasteiger partial charge in [-0.3, -0.25) is 0 Å². The van der Waals surface area contributed by atoms with Crippen LogP contribution in [0.3, 0.4) is 0 Å². The van der Waals surface area contributed by atoms with Crippen LogP contribution < -0.4 is 0 Å². The van der Waals surface area contributed by atoms with E-state index >= 15 is 0 Å². The van der Waals surface area contributed by atoms with Gasteiger partial charge in [0, 0.05) is 12.8 Å². The van der Waals surface area contributed by atoms with Gasteiger partial charge in [-0.15, -0.1) is 0 Å². The molecular formula is C12H24O4. The van der Waals surface area contributed by atoms with E-state index in [0.29, 0.717) is 12.8 Å². The zero-order chi connectivity index (χ0) is 12.0. The Kier molecular flexibility index (Phi) is 5.69. The first kappa shape index (κ1) is 13.9. The lowest BCUT2D eigenvalue weighted by atomic mass is 9.95. The van der Waals surface area contributed by atoms with Crippen molar-refractivity contribution in [2.75, 3.05) is 0 Å². The summed E-state index contributed by atoms with van der Waals surface area (Å²) in [7, 11) is 0. The fraction of sp³-hybridized carbons (Fsp3) is 1.00. The molecule has 0 aromatic carbocycles. The maximum absolute atomic E-state index is 8.93. The smallest absolute Gasteiger partial charge is 0.162 e. The zero-order valence-corrected chi connectivity index (χ0v) is 9.81. The van der Waals surface area contributed by atoms with E-state index in [-0.39, 0.29) is 0 Å². The molecule has 0 aromatic heterocycles. The molecule has 4 N–H and O–H groups in total. The predicted octanol–water partition coefficient (Wildman–Crippen LogP) is 0.914. The van der Waals surface area contributed by atoms with Crippen molar-refractivity contribution >= 4 is 0 Å². The summed E-state index contributed by atoms with van der Waals surface area (Å²) in [5.41, 5.74) is 0. The number of aliphatic hydroxyl groups excluding tert-OH is 2. The van der Waals surface area contributed by atoms with Crippen molar-refractivity contribution in [3.63, 3.8) is 0 Å². The molecule has 0 heterocycles. The third-order valence-corrected chi connectivity index (χ3v) is 3.35. The predicted molar refractivity (Wildman–Crippen MR) is 60.7 cm³/mol. The summed E-state index contributed by atoms with van der Waals surface area (Å²) in [4.78, 5) is 0. The first-order chi connectivity index (χ1) is 7.51. The van der Waals surface area contributed by atoms with Crippen molar-refractivity contribution in [3.05, 3.63) is 0 Å². The van der Waals surface area contributed by atoms with Crippen LogP contribution in [-0.4, -0.2) is 38.4 Å². The molecule has 0 amide bonds. The van der Waals surface area contributed by atoms with Crippen LogP contribution in [0.5, 0.6) is 0 Å². The molecule has 4 nitrogen and oxygen atoms in total. The van der Waals surface area contributed by atoms with Gasteiger partial charge < -0.3 is 20.4 Å². The van der Waals surface area contributed by atoms with E-state index in [0.717, 1.165) is 44.9 Å². The lowest BCUT2D eigenvalue weighted by Crippen LogP contribution is -2.30. The summed E-state index contributed by atoms with van der Waals surface area (Å²) in [5, 5.41) is 35.7. The molecule has 0 saturated heterocycles. The summed E-state index contributed by atoms with van der Waals surface area (Å²) in [6.07, 6.45) is 7.02. The molecule has 4 heteroatoms. The monoisotopic (exact) mass is 232 g/mol. The third kappa shape index (κ3) is 5.25. The standard InChI is InChI=1S/2C6H12O2/c7-6(8)4-2-1-3-5-6;7-5-3-1-2-4-6(5)8/h7-8H,1-5H2;5-8H,1-4H2. The number of aliphatic hydroxyl groups is 4. The van der Waals surface area contributed by atoms with Crippen LogP contribution in [0.2, 0.25) is 0 Å². The molecule has 2 aliphatic carbocycles. The topological polar surface area (TPSA) is 80.9 Å². The Hall–Kier alpha value is -0.160. The second-order valence-corrected chi connectivity index (χ2v) is 4.96. The van der Waals surface area contributed by atoms with Crippen molar-refractivity contribution in [1.29, 1.82) is 0 Å². The van der Waals surface area contributed by atoms with Gasteiger partial charge in [0.25, 0.3) is 0 Å². The zero-order valence-electron chi connectivity index (χ0n) is 9.81. The Balaban J connectivity index is 0.000000160. The van der Waals surface area contributed by atoms with Gasteiger partial charge in [-0.1, -0.05) is 19.3 Å². The summed E-state index contributed by atoms with van der Waals surface area (Å²) < 4.78 is 0. The molecule has 0 radical (unpaired) electrons. The summed E-state index contributed by atoms with van der Waals surface area (Å²) >= 11 is 0. The number of hydrogen-bond acceptors (Lipinski definition) is 4. The molecule has 0 bridgehead atoms. The lowest BCUT2D eigenvalue weighted by molar-refractivity contribution is -0.180. The summed E-state index contributed by atoms with van der Waals surface area (Å²) in [6, 6.07) is 0. The highest BCUT2D eigenvalue weighted by Crippen LogP contribution is 2.24. The van der Waals surface area contributed by atoms with Gasteiger partial charge in [-0.25, -0.2) is 0 Å². The Labute approximate surface area is 96.9 Å². The Morgan fingerprint density at radius 1 is 0.688 bits per heavy atom. The van der Waals surface area contributed by atoms with E-state index in [4.69, 9.17) is 20.4 Å². The molecule has 2 saturated carbocycles. The second kappa shape index (κ2) is 6.55. The van der Waals surface area contributed by atoms with Gasteiger partial charge in [0.1, 0.15) is 0 Å². The minimum absolute atomic E-state index is 0.441. The van der Waals surface area contributed by atoms with Crippen molar-refractivity contribution in [2.24, 2.45) is 0 Å². The van der Waals surface area contributed by atoms with E-state index in [1.54, 1.807) is 0 Å². The average molecular weight is 232 g/mol. The molecule has 0 aliphatic heterocycles. The quantitative estimate of drug-likeness (QED) is 0.468. The normalized spacial score (nSPS) is 33.8. The Morgan fingerprint density at radius 2 is 1.12 bits per heavy atom. The summed E-state index contributed by atoms with van der Waals surface area (Å²) in [5.74, 6) is -1.32. The first-order valence-electron chi connectivity index (χ1n) is 6.32. The van der Waals surface area contributed by atoms with E-state index < -0.39 is 18.0 Å². The SMILES string of the molecule is OC1(O)CCCCC1.OC1CCCCC1O. The molecule has 16 heavy (non-hydrogen) atoms. The molecular weight excluding hydrogens is 208 g/mol.